The number of rotatable bonds is 3. The summed E-state index contributed by atoms with van der Waals surface area (Å²) in [6, 6.07) is -0.0391. The molecule has 0 spiro atoms. The highest BCUT2D eigenvalue weighted by molar-refractivity contribution is 5.97. The molecule has 0 aromatic carbocycles. The highest BCUT2D eigenvalue weighted by Gasteiger charge is 2.33. The van der Waals surface area contributed by atoms with E-state index in [2.05, 4.69) is 5.32 Å². The van der Waals surface area contributed by atoms with E-state index in [1.54, 1.807) is 4.90 Å². The molecule has 8 heteroatoms. The SMILES string of the molecule is C[C@H](NC(=O)c1c[nH]c(C(F)(F)F)c1)C(=O)N1CCCCC1. The first kappa shape index (κ1) is 16.4. The minimum atomic E-state index is -4.53. The summed E-state index contributed by atoms with van der Waals surface area (Å²) in [7, 11) is 0. The maximum atomic E-state index is 12.5. The molecule has 0 aliphatic carbocycles. The number of aromatic amines is 1. The zero-order valence-electron chi connectivity index (χ0n) is 12.2. The fourth-order valence-electron chi connectivity index (χ4n) is 2.42. The highest BCUT2D eigenvalue weighted by Crippen LogP contribution is 2.28. The molecule has 1 aliphatic heterocycles. The van der Waals surface area contributed by atoms with Crippen molar-refractivity contribution in [1.82, 2.24) is 15.2 Å². The molecule has 1 aromatic rings. The van der Waals surface area contributed by atoms with Crippen molar-refractivity contribution in [3.8, 4) is 0 Å². The Bertz CT molecular complexity index is 548. The summed E-state index contributed by atoms with van der Waals surface area (Å²) in [5.74, 6) is -0.913. The van der Waals surface area contributed by atoms with E-state index in [4.69, 9.17) is 0 Å². The van der Waals surface area contributed by atoms with E-state index < -0.39 is 23.8 Å². The number of hydrogen-bond donors (Lipinski definition) is 2. The molecule has 0 bridgehead atoms. The van der Waals surface area contributed by atoms with E-state index in [1.807, 2.05) is 4.98 Å². The monoisotopic (exact) mass is 317 g/mol. The molecule has 22 heavy (non-hydrogen) atoms. The molecular formula is C14H18F3N3O2. The average molecular weight is 317 g/mol. The molecule has 0 saturated carbocycles. The lowest BCUT2D eigenvalue weighted by Crippen LogP contribution is -2.48. The third-order valence-electron chi connectivity index (χ3n) is 3.64. The normalized spacial score (nSPS) is 17.2. The van der Waals surface area contributed by atoms with Crippen molar-refractivity contribution in [2.75, 3.05) is 13.1 Å². The van der Waals surface area contributed by atoms with Gasteiger partial charge in [-0.3, -0.25) is 9.59 Å². The maximum Gasteiger partial charge on any atom is 0.431 e. The van der Waals surface area contributed by atoms with Crippen molar-refractivity contribution in [2.24, 2.45) is 0 Å². The van der Waals surface area contributed by atoms with Crippen LogP contribution in [0.1, 0.15) is 42.2 Å². The van der Waals surface area contributed by atoms with Gasteiger partial charge in [-0.1, -0.05) is 0 Å². The Morgan fingerprint density at radius 2 is 1.91 bits per heavy atom. The molecule has 1 aliphatic rings. The van der Waals surface area contributed by atoms with E-state index in [1.165, 1.54) is 6.92 Å². The van der Waals surface area contributed by atoms with Crippen LogP contribution in [0.2, 0.25) is 0 Å². The fraction of sp³-hybridized carbons (Fsp3) is 0.571. The van der Waals surface area contributed by atoms with Gasteiger partial charge in [0.25, 0.3) is 5.91 Å². The van der Waals surface area contributed by atoms with Crippen LogP contribution in [0.25, 0.3) is 0 Å². The van der Waals surface area contributed by atoms with Crippen LogP contribution < -0.4 is 5.32 Å². The van der Waals surface area contributed by atoms with Gasteiger partial charge in [-0.2, -0.15) is 13.2 Å². The lowest BCUT2D eigenvalue weighted by molar-refractivity contribution is -0.140. The Morgan fingerprint density at radius 1 is 1.27 bits per heavy atom. The number of hydrogen-bond acceptors (Lipinski definition) is 2. The van der Waals surface area contributed by atoms with E-state index in [0.29, 0.717) is 13.1 Å². The van der Waals surface area contributed by atoms with Crippen LogP contribution in [0, 0.1) is 0 Å². The Morgan fingerprint density at radius 3 is 2.45 bits per heavy atom. The Balaban J connectivity index is 1.96. The van der Waals surface area contributed by atoms with Gasteiger partial charge in [0.1, 0.15) is 11.7 Å². The van der Waals surface area contributed by atoms with Gasteiger partial charge in [0.05, 0.1) is 5.56 Å². The van der Waals surface area contributed by atoms with Crippen molar-refractivity contribution in [1.29, 1.82) is 0 Å². The molecule has 0 unspecified atom stereocenters. The number of likely N-dealkylation sites (tertiary alicyclic amines) is 1. The van der Waals surface area contributed by atoms with Crippen LogP contribution in [0.3, 0.4) is 0 Å². The van der Waals surface area contributed by atoms with Gasteiger partial charge >= 0.3 is 6.18 Å². The van der Waals surface area contributed by atoms with Crippen LogP contribution in [-0.2, 0) is 11.0 Å². The molecule has 2 heterocycles. The van der Waals surface area contributed by atoms with Crippen LogP contribution >= 0.6 is 0 Å². The Hall–Kier alpha value is -1.99. The third-order valence-corrected chi connectivity index (χ3v) is 3.64. The van der Waals surface area contributed by atoms with Gasteiger partial charge < -0.3 is 15.2 Å². The summed E-state index contributed by atoms with van der Waals surface area (Å²) in [5, 5.41) is 2.44. The second-order valence-corrected chi connectivity index (χ2v) is 5.38. The number of H-pyrrole nitrogens is 1. The van der Waals surface area contributed by atoms with E-state index in [-0.39, 0.29) is 11.5 Å². The maximum absolute atomic E-state index is 12.5. The lowest BCUT2D eigenvalue weighted by Gasteiger charge is -2.29. The third kappa shape index (κ3) is 3.80. The zero-order chi connectivity index (χ0) is 16.3. The quantitative estimate of drug-likeness (QED) is 0.897. The number of amides is 2. The Labute approximate surface area is 125 Å². The van der Waals surface area contributed by atoms with E-state index in [0.717, 1.165) is 31.5 Å². The molecule has 0 radical (unpaired) electrons. The van der Waals surface area contributed by atoms with Crippen molar-refractivity contribution in [2.45, 2.75) is 38.4 Å². The van der Waals surface area contributed by atoms with Gasteiger partial charge in [-0.25, -0.2) is 0 Å². The first-order chi connectivity index (χ1) is 10.3. The number of nitrogens with zero attached hydrogens (tertiary/aromatic N) is 1. The number of aromatic nitrogens is 1. The summed E-state index contributed by atoms with van der Waals surface area (Å²) in [6.07, 6.45) is -0.615. The van der Waals surface area contributed by atoms with Crippen molar-refractivity contribution >= 4 is 11.8 Å². The van der Waals surface area contributed by atoms with Gasteiger partial charge in [-0.05, 0) is 32.3 Å². The molecule has 1 atom stereocenters. The molecule has 1 saturated heterocycles. The second-order valence-electron chi connectivity index (χ2n) is 5.38. The summed E-state index contributed by atoms with van der Waals surface area (Å²) >= 11 is 0. The molecular weight excluding hydrogens is 299 g/mol. The van der Waals surface area contributed by atoms with Crippen LogP contribution in [0.15, 0.2) is 12.3 Å². The van der Waals surface area contributed by atoms with Gasteiger partial charge in [0, 0.05) is 19.3 Å². The van der Waals surface area contributed by atoms with E-state index in [9.17, 15) is 22.8 Å². The molecule has 122 valence electrons. The summed E-state index contributed by atoms with van der Waals surface area (Å²) in [6.45, 7) is 2.84. The molecule has 2 amide bonds. The average Bonchev–Trinajstić information content (AvgIpc) is 2.97. The highest BCUT2D eigenvalue weighted by atomic mass is 19.4. The number of halogens is 3. The van der Waals surface area contributed by atoms with E-state index >= 15 is 0 Å². The molecule has 1 fully saturated rings. The minimum absolute atomic E-state index is 0.148. The largest absolute Gasteiger partial charge is 0.431 e. The lowest BCUT2D eigenvalue weighted by atomic mass is 10.1. The van der Waals surface area contributed by atoms with Crippen LogP contribution in [0.5, 0.6) is 0 Å². The van der Waals surface area contributed by atoms with Gasteiger partial charge in [-0.15, -0.1) is 0 Å². The molecule has 5 nitrogen and oxygen atoms in total. The summed E-state index contributed by atoms with van der Waals surface area (Å²) in [4.78, 5) is 27.8. The fourth-order valence-corrected chi connectivity index (χ4v) is 2.42. The topological polar surface area (TPSA) is 65.2 Å². The summed E-state index contributed by atoms with van der Waals surface area (Å²) < 4.78 is 37.4. The smallest absolute Gasteiger partial charge is 0.357 e. The standard InChI is InChI=1S/C14H18F3N3O2/c1-9(13(22)20-5-3-2-4-6-20)19-12(21)10-7-11(18-8-10)14(15,16)17/h7-9,18H,2-6H2,1H3,(H,19,21)/t9-/m0/s1. The summed E-state index contributed by atoms with van der Waals surface area (Å²) in [5.41, 5.74) is -1.14. The molecule has 1 aromatic heterocycles. The van der Waals surface area contributed by atoms with Crippen molar-refractivity contribution in [3.63, 3.8) is 0 Å². The number of nitrogens with one attached hydrogen (secondary N) is 2. The van der Waals surface area contributed by atoms with Gasteiger partial charge in [0.15, 0.2) is 0 Å². The zero-order valence-corrected chi connectivity index (χ0v) is 12.2. The second kappa shape index (κ2) is 6.41. The molecule has 2 rings (SSSR count). The van der Waals surface area contributed by atoms with Crippen molar-refractivity contribution < 1.29 is 22.8 Å². The predicted octanol–water partition coefficient (Wildman–Crippen LogP) is 2.16. The number of carbonyl (C=O) groups excluding carboxylic acids is 2. The van der Waals surface area contributed by atoms with Crippen LogP contribution in [0.4, 0.5) is 13.2 Å². The number of piperidine rings is 1. The predicted molar refractivity (Wildman–Crippen MR) is 73.2 cm³/mol. The Kier molecular flexibility index (Phi) is 4.77. The number of alkyl halides is 3. The first-order valence-electron chi connectivity index (χ1n) is 7.14. The van der Waals surface area contributed by atoms with Crippen molar-refractivity contribution in [3.05, 3.63) is 23.5 Å². The first-order valence-corrected chi connectivity index (χ1v) is 7.14. The minimum Gasteiger partial charge on any atom is -0.357 e. The number of carbonyl (C=O) groups is 2. The molecule has 2 N–H and O–H groups in total. The van der Waals surface area contributed by atoms with Gasteiger partial charge in [0.2, 0.25) is 5.91 Å². The van der Waals surface area contributed by atoms with Crippen LogP contribution in [-0.4, -0.2) is 40.8 Å².